The number of rotatable bonds is 5. The van der Waals surface area contributed by atoms with Gasteiger partial charge in [0.1, 0.15) is 0 Å². The summed E-state index contributed by atoms with van der Waals surface area (Å²) < 4.78 is 0. The van der Waals surface area contributed by atoms with Crippen LogP contribution in [0.3, 0.4) is 0 Å². The molecule has 0 saturated heterocycles. The number of amides is 1. The average molecular weight is 143 g/mol. The second kappa shape index (κ2) is 6.22. The molecule has 57 valence electrons. The van der Waals surface area contributed by atoms with Gasteiger partial charge in [0.15, 0.2) is 6.29 Å². The summed E-state index contributed by atoms with van der Waals surface area (Å²) in [7, 11) is 0. The van der Waals surface area contributed by atoms with Gasteiger partial charge in [0.25, 0.3) is 0 Å². The van der Waals surface area contributed by atoms with Crippen LogP contribution in [0.1, 0.15) is 12.8 Å². The van der Waals surface area contributed by atoms with E-state index in [0.29, 0.717) is 19.5 Å². The second-order valence-corrected chi connectivity index (χ2v) is 1.78. The Morgan fingerprint density at radius 1 is 1.60 bits per heavy atom. The third-order valence-electron chi connectivity index (χ3n) is 0.921. The topological polar surface area (TPSA) is 72.2 Å². The highest BCUT2D eigenvalue weighted by Crippen LogP contribution is 1.74. The lowest BCUT2D eigenvalue weighted by atomic mass is 10.4. The lowest BCUT2D eigenvalue weighted by Crippen LogP contribution is -2.26. The molecule has 0 aromatic heterocycles. The van der Waals surface area contributed by atoms with Gasteiger partial charge in [-0.05, 0) is 0 Å². The Kier molecular flexibility index (Phi) is 5.66. The Hall–Kier alpha value is -0.900. The van der Waals surface area contributed by atoms with Crippen molar-refractivity contribution in [3.8, 4) is 0 Å². The molecule has 0 aliphatic heterocycles. The number of nitrogens with two attached hydrogens (primary N) is 1. The minimum atomic E-state index is -0.113. The standard InChI is InChI=1S/C6H11N2O2/c7-3-2-6(10)8-4-1-5-9/h1-4,7H2,(H,8,10). The molecule has 0 aromatic carbocycles. The zero-order chi connectivity index (χ0) is 7.82. The fraction of sp³-hybridized carbons (Fsp3) is 0.667. The normalized spacial score (nSPS) is 8.90. The molecule has 0 atom stereocenters. The zero-order valence-electron chi connectivity index (χ0n) is 5.72. The first kappa shape index (κ1) is 9.10. The predicted octanol–water partition coefficient (Wildman–Crippen LogP) is -1.05. The third kappa shape index (κ3) is 5.24. The van der Waals surface area contributed by atoms with Gasteiger partial charge in [0, 0.05) is 25.9 Å². The quantitative estimate of drug-likeness (QED) is 0.482. The van der Waals surface area contributed by atoms with Gasteiger partial charge >= 0.3 is 0 Å². The maximum Gasteiger partial charge on any atom is 0.221 e. The highest BCUT2D eigenvalue weighted by atomic mass is 16.1. The summed E-state index contributed by atoms with van der Waals surface area (Å²) in [5, 5.41) is 2.50. The van der Waals surface area contributed by atoms with Gasteiger partial charge in [-0.2, -0.15) is 0 Å². The van der Waals surface area contributed by atoms with E-state index in [-0.39, 0.29) is 12.3 Å². The molecule has 0 aliphatic carbocycles. The highest BCUT2D eigenvalue weighted by Gasteiger charge is 1.95. The van der Waals surface area contributed by atoms with Crippen molar-refractivity contribution in [2.45, 2.75) is 12.8 Å². The van der Waals surface area contributed by atoms with Gasteiger partial charge in [-0.1, -0.05) is 0 Å². The molecule has 10 heavy (non-hydrogen) atoms. The first-order chi connectivity index (χ1) is 4.81. The van der Waals surface area contributed by atoms with Crippen LogP contribution in [0, 0.1) is 0 Å². The summed E-state index contributed by atoms with van der Waals surface area (Å²) in [6.07, 6.45) is 2.23. The summed E-state index contributed by atoms with van der Waals surface area (Å²) >= 11 is 0. The van der Waals surface area contributed by atoms with Gasteiger partial charge in [0.05, 0.1) is 0 Å². The summed E-state index contributed by atoms with van der Waals surface area (Å²) in [5.74, 6) is -0.113. The van der Waals surface area contributed by atoms with E-state index in [1.807, 2.05) is 0 Å². The fourth-order valence-corrected chi connectivity index (χ4v) is 0.472. The first-order valence-corrected chi connectivity index (χ1v) is 3.13. The molecule has 0 saturated carbocycles. The molecule has 1 radical (unpaired) electrons. The number of nitrogens with one attached hydrogen (secondary N) is 1. The molecular formula is C6H11N2O2. The maximum atomic E-state index is 10.6. The van der Waals surface area contributed by atoms with Crippen LogP contribution in [0.4, 0.5) is 0 Å². The number of hydrogen-bond donors (Lipinski definition) is 2. The van der Waals surface area contributed by atoms with E-state index in [9.17, 15) is 9.59 Å². The molecule has 0 rings (SSSR count). The Labute approximate surface area is 59.8 Å². The van der Waals surface area contributed by atoms with Crippen molar-refractivity contribution in [3.05, 3.63) is 0 Å². The molecule has 1 amide bonds. The molecule has 4 heteroatoms. The molecule has 0 aliphatic rings. The Balaban J connectivity index is 3.13. The molecule has 0 bridgehead atoms. The molecular weight excluding hydrogens is 132 g/mol. The van der Waals surface area contributed by atoms with Crippen LogP contribution >= 0.6 is 0 Å². The third-order valence-corrected chi connectivity index (χ3v) is 0.921. The van der Waals surface area contributed by atoms with Crippen molar-refractivity contribution >= 4 is 12.2 Å². The summed E-state index contributed by atoms with van der Waals surface area (Å²) in [6, 6.07) is 0. The van der Waals surface area contributed by atoms with E-state index in [2.05, 4.69) is 5.32 Å². The molecule has 0 fully saturated rings. The van der Waals surface area contributed by atoms with E-state index >= 15 is 0 Å². The van der Waals surface area contributed by atoms with Crippen LogP contribution in [-0.2, 0) is 9.59 Å². The van der Waals surface area contributed by atoms with Crippen LogP contribution < -0.4 is 11.1 Å². The Morgan fingerprint density at radius 3 is 2.80 bits per heavy atom. The van der Waals surface area contributed by atoms with Crippen LogP contribution in [0.25, 0.3) is 0 Å². The van der Waals surface area contributed by atoms with Crippen LogP contribution in [0.2, 0.25) is 0 Å². The first-order valence-electron chi connectivity index (χ1n) is 3.13. The van der Waals surface area contributed by atoms with Gasteiger partial charge in [0.2, 0.25) is 5.91 Å². The molecule has 0 spiro atoms. The monoisotopic (exact) mass is 143 g/mol. The van der Waals surface area contributed by atoms with Crippen molar-refractivity contribution in [2.75, 3.05) is 13.1 Å². The van der Waals surface area contributed by atoms with E-state index in [1.54, 1.807) is 6.29 Å². The number of carbonyl (C=O) groups excluding carboxylic acids is 2. The van der Waals surface area contributed by atoms with Crippen molar-refractivity contribution in [2.24, 2.45) is 5.73 Å². The van der Waals surface area contributed by atoms with Crippen LogP contribution in [0.15, 0.2) is 0 Å². The summed E-state index contributed by atoms with van der Waals surface area (Å²) in [6.45, 7) is 0.707. The van der Waals surface area contributed by atoms with E-state index in [4.69, 9.17) is 5.73 Å². The van der Waals surface area contributed by atoms with Gasteiger partial charge in [-0.3, -0.25) is 9.59 Å². The minimum Gasteiger partial charge on any atom is -0.356 e. The van der Waals surface area contributed by atoms with Gasteiger partial charge < -0.3 is 11.1 Å². The molecule has 0 aromatic rings. The summed E-state index contributed by atoms with van der Waals surface area (Å²) in [4.78, 5) is 20.2. The van der Waals surface area contributed by atoms with Crippen molar-refractivity contribution in [1.29, 1.82) is 0 Å². The Morgan fingerprint density at radius 2 is 2.30 bits per heavy atom. The van der Waals surface area contributed by atoms with Crippen molar-refractivity contribution in [1.82, 2.24) is 5.32 Å². The molecule has 0 heterocycles. The summed E-state index contributed by atoms with van der Waals surface area (Å²) in [5.41, 5.74) is 5.10. The van der Waals surface area contributed by atoms with Crippen molar-refractivity contribution in [3.63, 3.8) is 0 Å². The smallest absolute Gasteiger partial charge is 0.221 e. The molecule has 3 N–H and O–H groups in total. The van der Waals surface area contributed by atoms with E-state index in [0.717, 1.165) is 0 Å². The SMILES string of the molecule is NCCC(=O)NCC[C]=O. The lowest BCUT2D eigenvalue weighted by Gasteiger charge is -1.98. The average Bonchev–Trinajstić information content (AvgIpc) is 1.89. The maximum absolute atomic E-state index is 10.6. The number of carbonyl (C=O) groups is 1. The van der Waals surface area contributed by atoms with E-state index < -0.39 is 0 Å². The lowest BCUT2D eigenvalue weighted by molar-refractivity contribution is -0.120. The molecule has 0 unspecified atom stereocenters. The predicted molar refractivity (Wildman–Crippen MR) is 37.0 cm³/mol. The molecule has 4 nitrogen and oxygen atoms in total. The number of hydrogen-bond acceptors (Lipinski definition) is 3. The highest BCUT2D eigenvalue weighted by molar-refractivity contribution is 5.76. The van der Waals surface area contributed by atoms with Crippen LogP contribution in [-0.4, -0.2) is 25.3 Å². The van der Waals surface area contributed by atoms with Gasteiger partial charge in [-0.25, -0.2) is 0 Å². The van der Waals surface area contributed by atoms with Gasteiger partial charge in [-0.15, -0.1) is 0 Å². The van der Waals surface area contributed by atoms with Crippen LogP contribution in [0.5, 0.6) is 0 Å². The Bertz CT molecular complexity index is 114. The zero-order valence-corrected chi connectivity index (χ0v) is 5.72. The van der Waals surface area contributed by atoms with Crippen molar-refractivity contribution < 1.29 is 9.59 Å². The fourth-order valence-electron chi connectivity index (χ4n) is 0.472. The second-order valence-electron chi connectivity index (χ2n) is 1.78. The van der Waals surface area contributed by atoms with E-state index in [1.165, 1.54) is 0 Å². The largest absolute Gasteiger partial charge is 0.356 e. The minimum absolute atomic E-state index is 0.113.